The van der Waals surface area contributed by atoms with Crippen molar-refractivity contribution in [3.63, 3.8) is 0 Å². The molecule has 2 unspecified atom stereocenters. The van der Waals surface area contributed by atoms with Gasteiger partial charge in [0, 0.05) is 29.7 Å². The second-order valence-electron chi connectivity index (χ2n) is 7.16. The molecule has 0 aliphatic carbocycles. The molecule has 1 aromatic heterocycles. The first-order valence-electron chi connectivity index (χ1n) is 9.75. The quantitative estimate of drug-likeness (QED) is 0.541. The highest BCUT2D eigenvalue weighted by Crippen LogP contribution is 2.43. The van der Waals surface area contributed by atoms with Crippen LogP contribution in [0.2, 0.25) is 10.0 Å². The highest BCUT2D eigenvalue weighted by Gasteiger charge is 2.43. The number of hydrogen-bond donors (Lipinski definition) is 1. The average Bonchev–Trinajstić information content (AvgIpc) is 3.23. The molecule has 2 aromatic carbocycles. The fourth-order valence-corrected chi connectivity index (χ4v) is 5.37. The Labute approximate surface area is 198 Å². The third kappa shape index (κ3) is 4.90. The topological polar surface area (TPSA) is 62.3 Å². The Hall–Kier alpha value is -2.61. The normalized spacial score (nSPS) is 17.9. The highest BCUT2D eigenvalue weighted by atomic mass is 35.5. The molecule has 1 aliphatic heterocycles. The summed E-state index contributed by atoms with van der Waals surface area (Å²) in [6, 6.07) is 13.4. The largest absolute Gasteiger partial charge is 0.350 e. The molecule has 2 atom stereocenters. The lowest BCUT2D eigenvalue weighted by Crippen LogP contribution is -2.47. The fourth-order valence-electron chi connectivity index (χ4n) is 3.45. The van der Waals surface area contributed by atoms with Gasteiger partial charge in [0.05, 0.1) is 10.6 Å². The first kappa shape index (κ1) is 22.6. The summed E-state index contributed by atoms with van der Waals surface area (Å²) < 4.78 is 13.5. The van der Waals surface area contributed by atoms with Crippen molar-refractivity contribution >= 4 is 46.8 Å². The molecule has 0 spiro atoms. The van der Waals surface area contributed by atoms with Gasteiger partial charge in [0.25, 0.3) is 5.91 Å². The molecule has 32 heavy (non-hydrogen) atoms. The Kier molecular flexibility index (Phi) is 6.98. The zero-order valence-corrected chi connectivity index (χ0v) is 19.0. The van der Waals surface area contributed by atoms with E-state index in [-0.39, 0.29) is 22.3 Å². The Morgan fingerprint density at radius 3 is 2.50 bits per heavy atom. The van der Waals surface area contributed by atoms with Crippen LogP contribution < -0.4 is 5.32 Å². The van der Waals surface area contributed by atoms with E-state index in [0.717, 1.165) is 11.1 Å². The number of halogens is 3. The number of benzene rings is 2. The first-order chi connectivity index (χ1) is 15.4. The number of hydrogen-bond acceptors (Lipinski definition) is 4. The van der Waals surface area contributed by atoms with Crippen LogP contribution in [0.25, 0.3) is 0 Å². The lowest BCUT2D eigenvalue weighted by molar-refractivity contribution is -0.125. The molecule has 3 aromatic rings. The number of carbonyl (C=O) groups is 2. The number of nitrogens with zero attached hydrogens (tertiary/aromatic N) is 2. The number of amides is 2. The van der Waals surface area contributed by atoms with E-state index in [9.17, 15) is 14.0 Å². The lowest BCUT2D eigenvalue weighted by Gasteiger charge is -2.29. The first-order valence-corrected chi connectivity index (χ1v) is 11.6. The minimum atomic E-state index is -0.726. The van der Waals surface area contributed by atoms with Crippen LogP contribution in [0, 0.1) is 5.82 Å². The van der Waals surface area contributed by atoms with Gasteiger partial charge in [-0.1, -0.05) is 35.3 Å². The second kappa shape index (κ2) is 9.90. The minimum Gasteiger partial charge on any atom is -0.350 e. The van der Waals surface area contributed by atoms with Gasteiger partial charge in [0.1, 0.15) is 17.2 Å². The van der Waals surface area contributed by atoms with E-state index in [2.05, 4.69) is 10.3 Å². The predicted octanol–water partition coefficient (Wildman–Crippen LogP) is 5.10. The van der Waals surface area contributed by atoms with Gasteiger partial charge in [0.2, 0.25) is 5.91 Å². The molecule has 9 heteroatoms. The molecule has 0 bridgehead atoms. The summed E-state index contributed by atoms with van der Waals surface area (Å²) in [4.78, 5) is 32.1. The van der Waals surface area contributed by atoms with E-state index in [1.165, 1.54) is 34.9 Å². The number of carbonyl (C=O) groups excluding carboxylic acids is 2. The van der Waals surface area contributed by atoms with E-state index in [1.54, 1.807) is 48.8 Å². The van der Waals surface area contributed by atoms with Crippen LogP contribution in [0.15, 0.2) is 67.0 Å². The summed E-state index contributed by atoms with van der Waals surface area (Å²) in [7, 11) is 0. The smallest absolute Gasteiger partial charge is 0.257 e. The van der Waals surface area contributed by atoms with Crippen LogP contribution in [0.5, 0.6) is 0 Å². The molecule has 1 fully saturated rings. The predicted molar refractivity (Wildman–Crippen MR) is 124 cm³/mol. The van der Waals surface area contributed by atoms with Crippen LogP contribution in [-0.2, 0) is 11.3 Å². The number of nitrogens with one attached hydrogen (secondary N) is 1. The van der Waals surface area contributed by atoms with E-state index < -0.39 is 17.3 Å². The van der Waals surface area contributed by atoms with Crippen molar-refractivity contribution in [1.29, 1.82) is 0 Å². The van der Waals surface area contributed by atoms with Crippen LogP contribution >= 0.6 is 35.0 Å². The standard InChI is InChI=1S/C23H18Cl2FN3O2S/c24-16-3-6-18(19(25)11-16)22(31)29-20(21(30)28-12-14-7-9-27-10-8-14)13-32-23(29)15-1-4-17(26)5-2-15/h1-11,20,23H,12-13H2,(H,28,30). The summed E-state index contributed by atoms with van der Waals surface area (Å²) in [6.45, 7) is 0.313. The van der Waals surface area contributed by atoms with Crippen molar-refractivity contribution in [3.8, 4) is 0 Å². The molecule has 1 N–H and O–H groups in total. The van der Waals surface area contributed by atoms with E-state index in [0.29, 0.717) is 17.3 Å². The Morgan fingerprint density at radius 2 is 1.81 bits per heavy atom. The number of aromatic nitrogens is 1. The molecule has 1 saturated heterocycles. The zero-order valence-electron chi connectivity index (χ0n) is 16.7. The molecule has 2 heterocycles. The third-order valence-electron chi connectivity index (χ3n) is 5.07. The molecule has 5 nitrogen and oxygen atoms in total. The summed E-state index contributed by atoms with van der Waals surface area (Å²) in [5.74, 6) is -0.657. The molecule has 0 radical (unpaired) electrons. The maximum absolute atomic E-state index is 13.5. The summed E-state index contributed by atoms with van der Waals surface area (Å²) in [5, 5.41) is 3.04. The van der Waals surface area contributed by atoms with Gasteiger partial charge < -0.3 is 10.2 Å². The number of thioether (sulfide) groups is 1. The highest BCUT2D eigenvalue weighted by molar-refractivity contribution is 7.99. The molecule has 2 amide bonds. The molecule has 0 saturated carbocycles. The molecular formula is C23H18Cl2FN3O2S. The maximum Gasteiger partial charge on any atom is 0.257 e. The SMILES string of the molecule is O=C(NCc1ccncc1)C1CSC(c2ccc(F)cc2)N1C(=O)c1ccc(Cl)cc1Cl. The van der Waals surface area contributed by atoms with Gasteiger partial charge in [-0.3, -0.25) is 14.6 Å². The number of rotatable bonds is 5. The average molecular weight is 490 g/mol. The van der Waals surface area contributed by atoms with Crippen molar-refractivity contribution in [2.75, 3.05) is 5.75 Å². The molecule has 4 rings (SSSR count). The summed E-state index contributed by atoms with van der Waals surface area (Å²) >= 11 is 13.7. The van der Waals surface area contributed by atoms with Gasteiger partial charge in [0.15, 0.2) is 0 Å². The van der Waals surface area contributed by atoms with Crippen molar-refractivity contribution in [3.05, 3.63) is 99.5 Å². The van der Waals surface area contributed by atoms with E-state index in [4.69, 9.17) is 23.2 Å². The monoisotopic (exact) mass is 489 g/mol. The van der Waals surface area contributed by atoms with Gasteiger partial charge in [-0.05, 0) is 53.6 Å². The van der Waals surface area contributed by atoms with Gasteiger partial charge in [-0.2, -0.15) is 0 Å². The second-order valence-corrected chi connectivity index (χ2v) is 9.12. The molecule has 1 aliphatic rings. The fraction of sp³-hybridized carbons (Fsp3) is 0.174. The van der Waals surface area contributed by atoms with Crippen molar-refractivity contribution in [2.24, 2.45) is 0 Å². The van der Waals surface area contributed by atoms with Crippen LogP contribution in [0.4, 0.5) is 4.39 Å². The van der Waals surface area contributed by atoms with Crippen LogP contribution in [0.3, 0.4) is 0 Å². The Balaban J connectivity index is 1.63. The minimum absolute atomic E-state index is 0.202. The van der Waals surface area contributed by atoms with Crippen LogP contribution in [-0.4, -0.2) is 33.5 Å². The molecular weight excluding hydrogens is 472 g/mol. The summed E-state index contributed by atoms with van der Waals surface area (Å²) in [5.41, 5.74) is 1.87. The van der Waals surface area contributed by atoms with Gasteiger partial charge in [-0.15, -0.1) is 11.8 Å². The van der Waals surface area contributed by atoms with E-state index in [1.807, 2.05) is 0 Å². The van der Waals surface area contributed by atoms with Crippen molar-refractivity contribution in [2.45, 2.75) is 18.0 Å². The Bertz CT molecular complexity index is 1130. The Morgan fingerprint density at radius 1 is 1.09 bits per heavy atom. The maximum atomic E-state index is 13.5. The van der Waals surface area contributed by atoms with Crippen molar-refractivity contribution < 1.29 is 14.0 Å². The van der Waals surface area contributed by atoms with Crippen molar-refractivity contribution in [1.82, 2.24) is 15.2 Å². The molecule has 164 valence electrons. The van der Waals surface area contributed by atoms with Gasteiger partial charge >= 0.3 is 0 Å². The van der Waals surface area contributed by atoms with Gasteiger partial charge in [-0.25, -0.2) is 4.39 Å². The lowest BCUT2D eigenvalue weighted by atomic mass is 10.1. The third-order valence-corrected chi connectivity index (χ3v) is 6.94. The van der Waals surface area contributed by atoms with Crippen LogP contribution in [0.1, 0.15) is 26.9 Å². The number of pyridine rings is 1. The zero-order chi connectivity index (χ0) is 22.7. The summed E-state index contributed by atoms with van der Waals surface area (Å²) in [6.07, 6.45) is 3.30. The van der Waals surface area contributed by atoms with E-state index >= 15 is 0 Å².